The number of rotatable bonds is 8. The van der Waals surface area contributed by atoms with E-state index in [1.807, 2.05) is 0 Å². The van der Waals surface area contributed by atoms with Crippen molar-refractivity contribution in [1.82, 2.24) is 9.29 Å². The van der Waals surface area contributed by atoms with Crippen molar-refractivity contribution in [3.8, 4) is 5.88 Å². The van der Waals surface area contributed by atoms with Gasteiger partial charge in [-0.3, -0.25) is 4.79 Å². The van der Waals surface area contributed by atoms with E-state index in [1.54, 1.807) is 29.7 Å². The van der Waals surface area contributed by atoms with Crippen molar-refractivity contribution in [3.63, 3.8) is 0 Å². The molecule has 0 saturated carbocycles. The molecule has 2 atom stereocenters. The normalized spacial score (nSPS) is 19.7. The zero-order chi connectivity index (χ0) is 22.4. The van der Waals surface area contributed by atoms with Gasteiger partial charge < -0.3 is 14.8 Å². The van der Waals surface area contributed by atoms with Crippen LogP contribution in [0.25, 0.3) is 0 Å². The van der Waals surface area contributed by atoms with Gasteiger partial charge in [0.15, 0.2) is 0 Å². The highest BCUT2D eigenvalue weighted by atomic mass is 32.2. The average Bonchev–Trinajstić information content (AvgIpc) is 2.74. The monoisotopic (exact) mass is 447 g/mol. The van der Waals surface area contributed by atoms with Gasteiger partial charge in [0.2, 0.25) is 15.9 Å². The molecule has 1 aromatic heterocycles. The number of pyridine rings is 1. The summed E-state index contributed by atoms with van der Waals surface area (Å²) in [5.74, 6) is 0.556. The molecule has 1 aliphatic heterocycles. The van der Waals surface area contributed by atoms with Crippen molar-refractivity contribution in [2.75, 3.05) is 38.7 Å². The minimum Gasteiger partial charge on any atom is -0.474 e. The lowest BCUT2D eigenvalue weighted by molar-refractivity contribution is 0.102. The van der Waals surface area contributed by atoms with E-state index < -0.39 is 10.0 Å². The highest BCUT2D eigenvalue weighted by Gasteiger charge is 2.31. The predicted molar refractivity (Wildman–Crippen MR) is 118 cm³/mol. The van der Waals surface area contributed by atoms with Crippen molar-refractivity contribution in [3.05, 3.63) is 48.2 Å². The SMILES string of the molecule is COCCOc1ncccc1NC(=O)c1ccc(S(=O)(=O)N2CC(C)CC(C)C2)cc1. The third-order valence-corrected chi connectivity index (χ3v) is 6.98. The molecule has 1 aliphatic rings. The van der Waals surface area contributed by atoms with Crippen LogP contribution < -0.4 is 10.1 Å². The topological polar surface area (TPSA) is 97.8 Å². The van der Waals surface area contributed by atoms with Crippen molar-refractivity contribution in [1.29, 1.82) is 0 Å². The summed E-state index contributed by atoms with van der Waals surface area (Å²) in [5, 5.41) is 2.76. The zero-order valence-corrected chi connectivity index (χ0v) is 18.9. The summed E-state index contributed by atoms with van der Waals surface area (Å²) in [7, 11) is -2.02. The molecule has 1 amide bonds. The Hall–Kier alpha value is -2.49. The minimum absolute atomic E-state index is 0.190. The van der Waals surface area contributed by atoms with Crippen LogP contribution in [-0.2, 0) is 14.8 Å². The lowest BCUT2D eigenvalue weighted by Gasteiger charge is -2.34. The Morgan fingerprint density at radius 3 is 2.45 bits per heavy atom. The number of aromatic nitrogens is 1. The molecule has 2 aromatic rings. The second-order valence-corrected chi connectivity index (χ2v) is 9.88. The molecule has 31 heavy (non-hydrogen) atoms. The number of ether oxygens (including phenoxy) is 2. The molecule has 0 radical (unpaired) electrons. The maximum atomic E-state index is 13.0. The third-order valence-electron chi connectivity index (χ3n) is 5.14. The van der Waals surface area contributed by atoms with Crippen molar-refractivity contribution in [2.45, 2.75) is 25.2 Å². The number of hydrogen-bond donors (Lipinski definition) is 1. The first-order chi connectivity index (χ1) is 14.8. The molecule has 0 aliphatic carbocycles. The summed E-state index contributed by atoms with van der Waals surface area (Å²) >= 11 is 0. The van der Waals surface area contributed by atoms with Gasteiger partial charge in [0.1, 0.15) is 12.3 Å². The zero-order valence-electron chi connectivity index (χ0n) is 18.1. The van der Waals surface area contributed by atoms with Gasteiger partial charge in [0.25, 0.3) is 5.91 Å². The van der Waals surface area contributed by atoms with Crippen LogP contribution in [0.1, 0.15) is 30.6 Å². The van der Waals surface area contributed by atoms with E-state index in [1.165, 1.54) is 24.3 Å². The summed E-state index contributed by atoms with van der Waals surface area (Å²) in [6.45, 7) is 5.86. The highest BCUT2D eigenvalue weighted by molar-refractivity contribution is 7.89. The Morgan fingerprint density at radius 2 is 1.81 bits per heavy atom. The number of sulfonamides is 1. The van der Waals surface area contributed by atoms with Gasteiger partial charge in [-0.2, -0.15) is 4.31 Å². The number of nitrogens with zero attached hydrogens (tertiary/aromatic N) is 2. The first-order valence-electron chi connectivity index (χ1n) is 10.3. The quantitative estimate of drug-likeness (QED) is 0.625. The number of benzene rings is 1. The second kappa shape index (κ2) is 10.2. The highest BCUT2D eigenvalue weighted by Crippen LogP contribution is 2.27. The van der Waals surface area contributed by atoms with Crippen LogP contribution in [0.5, 0.6) is 5.88 Å². The molecule has 1 fully saturated rings. The van der Waals surface area contributed by atoms with Crippen LogP contribution in [-0.4, -0.2) is 57.0 Å². The van der Waals surface area contributed by atoms with Crippen LogP contribution in [0.15, 0.2) is 47.5 Å². The van der Waals surface area contributed by atoms with Crippen molar-refractivity contribution < 1.29 is 22.7 Å². The van der Waals surface area contributed by atoms with E-state index in [0.29, 0.717) is 55.3 Å². The number of anilines is 1. The lowest BCUT2D eigenvalue weighted by atomic mass is 9.94. The molecule has 1 saturated heterocycles. The van der Waals surface area contributed by atoms with E-state index >= 15 is 0 Å². The van der Waals surface area contributed by atoms with E-state index in [0.717, 1.165) is 6.42 Å². The van der Waals surface area contributed by atoms with E-state index in [-0.39, 0.29) is 10.8 Å². The molecule has 168 valence electrons. The molecule has 3 rings (SSSR count). The van der Waals surface area contributed by atoms with Crippen molar-refractivity contribution in [2.24, 2.45) is 11.8 Å². The van der Waals surface area contributed by atoms with Crippen LogP contribution in [0.2, 0.25) is 0 Å². The summed E-state index contributed by atoms with van der Waals surface area (Å²) in [5.41, 5.74) is 0.766. The minimum atomic E-state index is -3.59. The third kappa shape index (κ3) is 5.81. The van der Waals surface area contributed by atoms with Gasteiger partial charge >= 0.3 is 0 Å². The maximum Gasteiger partial charge on any atom is 0.255 e. The number of methoxy groups -OCH3 is 1. The maximum absolute atomic E-state index is 13.0. The molecule has 9 heteroatoms. The summed E-state index contributed by atoms with van der Waals surface area (Å²) in [6.07, 6.45) is 2.59. The van der Waals surface area contributed by atoms with Gasteiger partial charge in [-0.15, -0.1) is 0 Å². The Bertz CT molecular complexity index is 984. The van der Waals surface area contributed by atoms with Crippen LogP contribution in [0, 0.1) is 11.8 Å². The lowest BCUT2D eigenvalue weighted by Crippen LogP contribution is -2.42. The Balaban J connectivity index is 1.71. The second-order valence-electron chi connectivity index (χ2n) is 7.94. The summed E-state index contributed by atoms with van der Waals surface area (Å²) in [6, 6.07) is 9.36. The van der Waals surface area contributed by atoms with Crippen LogP contribution in [0.3, 0.4) is 0 Å². The number of amides is 1. The van der Waals surface area contributed by atoms with E-state index in [4.69, 9.17) is 9.47 Å². The standard InChI is InChI=1S/C22H29N3O5S/c1-16-13-17(2)15-25(14-16)31(27,28)19-8-6-18(7-9-19)21(26)24-20-5-4-10-23-22(20)30-12-11-29-3/h4-10,16-17H,11-15H2,1-3H3,(H,24,26). The number of carbonyl (C=O) groups excluding carboxylic acids is 1. The smallest absolute Gasteiger partial charge is 0.255 e. The molecule has 0 spiro atoms. The molecule has 2 unspecified atom stereocenters. The fraction of sp³-hybridized carbons (Fsp3) is 0.455. The largest absolute Gasteiger partial charge is 0.474 e. The van der Waals surface area contributed by atoms with Crippen molar-refractivity contribution >= 4 is 21.6 Å². The fourth-order valence-electron chi connectivity index (χ4n) is 3.75. The fourth-order valence-corrected chi connectivity index (χ4v) is 5.43. The van der Waals surface area contributed by atoms with Gasteiger partial charge in [-0.25, -0.2) is 13.4 Å². The molecule has 1 N–H and O–H groups in total. The van der Waals surface area contributed by atoms with Gasteiger partial charge in [-0.1, -0.05) is 13.8 Å². The molecular formula is C22H29N3O5S. The molecular weight excluding hydrogens is 418 g/mol. The first kappa shape index (κ1) is 23.2. The summed E-state index contributed by atoms with van der Waals surface area (Å²) < 4.78 is 38.0. The predicted octanol–water partition coefficient (Wildman–Crippen LogP) is 3.03. The number of carbonyl (C=O) groups is 1. The van der Waals surface area contributed by atoms with Gasteiger partial charge in [0, 0.05) is 32.0 Å². The molecule has 8 nitrogen and oxygen atoms in total. The van der Waals surface area contributed by atoms with E-state index in [2.05, 4.69) is 24.1 Å². The molecule has 2 heterocycles. The Morgan fingerprint density at radius 1 is 1.13 bits per heavy atom. The molecule has 0 bridgehead atoms. The number of nitrogens with one attached hydrogen (secondary N) is 1. The van der Waals surface area contributed by atoms with Gasteiger partial charge in [0.05, 0.1) is 11.5 Å². The van der Waals surface area contributed by atoms with Crippen LogP contribution in [0.4, 0.5) is 5.69 Å². The van der Waals surface area contributed by atoms with Gasteiger partial charge in [-0.05, 0) is 54.7 Å². The molecule has 1 aromatic carbocycles. The summed E-state index contributed by atoms with van der Waals surface area (Å²) in [4.78, 5) is 17.0. The Labute approximate surface area is 183 Å². The average molecular weight is 448 g/mol. The Kier molecular flexibility index (Phi) is 7.64. The van der Waals surface area contributed by atoms with Crippen LogP contribution >= 0.6 is 0 Å². The van der Waals surface area contributed by atoms with E-state index in [9.17, 15) is 13.2 Å². The first-order valence-corrected chi connectivity index (χ1v) is 11.7. The number of piperidine rings is 1. The number of hydrogen-bond acceptors (Lipinski definition) is 6.